The first-order chi connectivity index (χ1) is 20.5. The molecule has 0 spiro atoms. The lowest BCUT2D eigenvalue weighted by molar-refractivity contribution is -0.0654. The standard InChI is InChI=1S/C36H54BN5/c1-36(2,3)21-23-11-4-5-13-24(23)37-25-20-19-22-12-10-18-30-31(22)32(25)42(35-40-28-16-8-9-17-29(28)41(30)35)34-33(37)38-26-14-6-7-15-27(26)39-34/h4-5,11,13,22,25-34,38-39H,6-10,12,14-21H2,1-3H3. The molecule has 9 rings (SSSR count). The highest BCUT2D eigenvalue weighted by Gasteiger charge is 2.66. The predicted molar refractivity (Wildman–Crippen MR) is 173 cm³/mol. The van der Waals surface area contributed by atoms with Crippen molar-refractivity contribution in [2.45, 2.75) is 165 Å². The number of aliphatic imine (C=N–C) groups is 1. The van der Waals surface area contributed by atoms with Gasteiger partial charge in [-0.2, -0.15) is 0 Å². The number of hydrogen-bond acceptors (Lipinski definition) is 5. The SMILES string of the molecule is CC(C)(C)Cc1ccccc1B1C2CCC3CCCC4C3C2N(C2=NC3CCCCC3N24)C2NC3CCCCC3NC12. The average molecular weight is 568 g/mol. The van der Waals surface area contributed by atoms with E-state index in [4.69, 9.17) is 4.99 Å². The first-order valence-corrected chi connectivity index (χ1v) is 18.2. The van der Waals surface area contributed by atoms with Crippen molar-refractivity contribution in [3.63, 3.8) is 0 Å². The summed E-state index contributed by atoms with van der Waals surface area (Å²) in [5, 5.41) is 8.88. The van der Waals surface area contributed by atoms with Crippen LogP contribution in [0.1, 0.15) is 110 Å². The number of piperazine rings is 1. The molecule has 4 aliphatic heterocycles. The van der Waals surface area contributed by atoms with Crippen LogP contribution in [0.4, 0.5) is 0 Å². The van der Waals surface area contributed by atoms with Gasteiger partial charge < -0.3 is 15.1 Å². The molecule has 0 aromatic heterocycles. The normalized spacial score (nSPS) is 43.9. The summed E-state index contributed by atoms with van der Waals surface area (Å²) in [5.41, 5.74) is 3.57. The Balaban J connectivity index is 1.20. The minimum Gasteiger partial charge on any atom is -0.334 e. The molecule has 7 fully saturated rings. The molecule has 4 heterocycles. The highest BCUT2D eigenvalue weighted by molar-refractivity contribution is 6.77. The molecule has 2 N–H and O–H groups in total. The third-order valence-corrected chi connectivity index (χ3v) is 13.4. The molecule has 42 heavy (non-hydrogen) atoms. The molecule has 0 radical (unpaired) electrons. The fraction of sp³-hybridized carbons (Fsp3) is 0.806. The first kappa shape index (κ1) is 26.8. The molecule has 6 heteroatoms. The maximum absolute atomic E-state index is 5.75. The number of nitrogens with one attached hydrogen (secondary N) is 2. The maximum Gasteiger partial charge on any atom is 0.204 e. The van der Waals surface area contributed by atoms with E-state index in [1.807, 2.05) is 0 Å². The highest BCUT2D eigenvalue weighted by atomic mass is 15.5. The van der Waals surface area contributed by atoms with Gasteiger partial charge in [0.1, 0.15) is 0 Å². The monoisotopic (exact) mass is 567 g/mol. The largest absolute Gasteiger partial charge is 0.334 e. The van der Waals surface area contributed by atoms with Crippen molar-refractivity contribution in [1.29, 1.82) is 0 Å². The van der Waals surface area contributed by atoms with Gasteiger partial charge in [0.15, 0.2) is 5.96 Å². The Labute approximate surface area is 255 Å². The van der Waals surface area contributed by atoms with Crippen molar-refractivity contribution in [2.75, 3.05) is 0 Å². The van der Waals surface area contributed by atoms with Crippen molar-refractivity contribution in [2.24, 2.45) is 22.2 Å². The average Bonchev–Trinajstić information content (AvgIpc) is 3.38. The Morgan fingerprint density at radius 3 is 2.43 bits per heavy atom. The maximum atomic E-state index is 5.75. The Morgan fingerprint density at radius 2 is 1.57 bits per heavy atom. The molecule has 1 aromatic rings. The Kier molecular flexibility index (Phi) is 6.39. The van der Waals surface area contributed by atoms with E-state index in [2.05, 4.69) is 65.5 Å². The van der Waals surface area contributed by atoms with Crippen LogP contribution in [0, 0.1) is 17.3 Å². The molecular weight excluding hydrogens is 513 g/mol. The van der Waals surface area contributed by atoms with Crippen LogP contribution in [0.15, 0.2) is 29.3 Å². The molecule has 11 unspecified atom stereocenters. The fourth-order valence-corrected chi connectivity index (χ4v) is 12.1. The molecule has 4 saturated carbocycles. The summed E-state index contributed by atoms with van der Waals surface area (Å²) in [7, 11) is 0. The van der Waals surface area contributed by atoms with Gasteiger partial charge in [0.05, 0.1) is 18.2 Å². The third kappa shape index (κ3) is 4.05. The number of guanidine groups is 1. The molecule has 0 bridgehead atoms. The number of nitrogens with zero attached hydrogens (tertiary/aromatic N) is 3. The van der Waals surface area contributed by atoms with E-state index in [9.17, 15) is 0 Å². The zero-order chi connectivity index (χ0) is 28.2. The smallest absolute Gasteiger partial charge is 0.204 e. The van der Waals surface area contributed by atoms with Crippen LogP contribution < -0.4 is 16.1 Å². The predicted octanol–water partition coefficient (Wildman–Crippen LogP) is 5.34. The van der Waals surface area contributed by atoms with Crippen LogP contribution in [-0.2, 0) is 6.42 Å². The topological polar surface area (TPSA) is 42.9 Å². The van der Waals surface area contributed by atoms with Crippen LogP contribution in [0.2, 0.25) is 5.82 Å². The van der Waals surface area contributed by atoms with Gasteiger partial charge in [-0.25, -0.2) is 4.99 Å². The van der Waals surface area contributed by atoms with E-state index in [1.54, 1.807) is 11.0 Å². The molecule has 226 valence electrons. The Hall–Kier alpha value is -1.53. The molecule has 3 saturated heterocycles. The molecule has 1 aromatic carbocycles. The zero-order valence-corrected chi connectivity index (χ0v) is 26.5. The van der Waals surface area contributed by atoms with E-state index in [0.29, 0.717) is 54.8 Å². The summed E-state index contributed by atoms with van der Waals surface area (Å²) in [5.74, 6) is 4.29. The van der Waals surface area contributed by atoms with E-state index in [1.165, 1.54) is 89.4 Å². The second kappa shape index (κ2) is 9.99. The summed E-state index contributed by atoms with van der Waals surface area (Å²) in [6.45, 7) is 7.85. The van der Waals surface area contributed by atoms with Gasteiger partial charge in [0.2, 0.25) is 6.71 Å². The summed E-state index contributed by atoms with van der Waals surface area (Å²) in [6.07, 6.45) is 19.5. The first-order valence-electron chi connectivity index (χ1n) is 18.2. The van der Waals surface area contributed by atoms with Crippen molar-refractivity contribution >= 4 is 18.1 Å². The van der Waals surface area contributed by atoms with Gasteiger partial charge in [-0.1, -0.05) is 101 Å². The van der Waals surface area contributed by atoms with E-state index >= 15 is 0 Å². The van der Waals surface area contributed by atoms with Crippen LogP contribution >= 0.6 is 0 Å². The third-order valence-electron chi connectivity index (χ3n) is 13.4. The minimum absolute atomic E-state index is 0.287. The van der Waals surface area contributed by atoms with E-state index in [0.717, 1.165) is 24.3 Å². The van der Waals surface area contributed by atoms with Crippen LogP contribution in [0.5, 0.6) is 0 Å². The summed E-state index contributed by atoms with van der Waals surface area (Å²) in [4.78, 5) is 11.7. The summed E-state index contributed by atoms with van der Waals surface area (Å²) in [6, 6.07) is 13.5. The minimum atomic E-state index is 0.287. The molecule has 11 atom stereocenters. The Bertz CT molecular complexity index is 1220. The second-order valence-electron chi connectivity index (χ2n) is 17.0. The van der Waals surface area contributed by atoms with Crippen LogP contribution in [0.25, 0.3) is 0 Å². The zero-order valence-electron chi connectivity index (χ0n) is 26.5. The highest BCUT2D eigenvalue weighted by Crippen LogP contribution is 2.57. The van der Waals surface area contributed by atoms with Gasteiger partial charge in [0, 0.05) is 36.0 Å². The number of rotatable bonds is 2. The number of benzene rings is 1. The van der Waals surface area contributed by atoms with Crippen molar-refractivity contribution in [3.05, 3.63) is 29.8 Å². The van der Waals surface area contributed by atoms with Crippen molar-refractivity contribution in [1.82, 2.24) is 20.4 Å². The molecule has 8 aliphatic rings. The summed E-state index contributed by atoms with van der Waals surface area (Å²) < 4.78 is 0. The lowest BCUT2D eigenvalue weighted by Crippen LogP contribution is -2.85. The van der Waals surface area contributed by atoms with Gasteiger partial charge in [-0.3, -0.25) is 5.32 Å². The van der Waals surface area contributed by atoms with Gasteiger partial charge in [0.25, 0.3) is 0 Å². The molecule has 0 amide bonds. The van der Waals surface area contributed by atoms with Crippen molar-refractivity contribution in [3.8, 4) is 0 Å². The van der Waals surface area contributed by atoms with Crippen molar-refractivity contribution < 1.29 is 0 Å². The lowest BCUT2D eigenvalue weighted by Gasteiger charge is -2.68. The molecular formula is C36H54BN5. The van der Waals surface area contributed by atoms with Gasteiger partial charge in [-0.15, -0.1) is 0 Å². The molecule has 5 nitrogen and oxygen atoms in total. The summed E-state index contributed by atoms with van der Waals surface area (Å²) >= 11 is 0. The number of hydrogen-bond donors (Lipinski definition) is 2. The quantitative estimate of drug-likeness (QED) is 0.474. The van der Waals surface area contributed by atoms with E-state index < -0.39 is 0 Å². The van der Waals surface area contributed by atoms with Gasteiger partial charge in [-0.05, 0) is 62.1 Å². The lowest BCUT2D eigenvalue weighted by atomic mass is 9.26. The van der Waals surface area contributed by atoms with Crippen LogP contribution in [-0.4, -0.2) is 70.8 Å². The Morgan fingerprint density at radius 1 is 0.810 bits per heavy atom. The van der Waals surface area contributed by atoms with Gasteiger partial charge >= 0.3 is 0 Å². The molecule has 4 aliphatic carbocycles. The second-order valence-corrected chi connectivity index (χ2v) is 17.0. The fourth-order valence-electron chi connectivity index (χ4n) is 12.1. The number of fused-ring (bicyclic) bond motifs is 8. The van der Waals surface area contributed by atoms with Crippen LogP contribution in [0.3, 0.4) is 0 Å². The van der Waals surface area contributed by atoms with E-state index in [-0.39, 0.29) is 5.41 Å².